The van der Waals surface area contributed by atoms with Crippen LogP contribution in [0.3, 0.4) is 0 Å². The van der Waals surface area contributed by atoms with Crippen LogP contribution in [0.4, 0.5) is 0 Å². The Balaban J connectivity index is 2.36. The molecule has 2 aromatic rings. The van der Waals surface area contributed by atoms with E-state index in [1.165, 1.54) is 0 Å². The molecule has 0 aromatic heterocycles. The van der Waals surface area contributed by atoms with Crippen LogP contribution in [0.2, 0.25) is 0 Å². The standard InChI is InChI=1S/C30H46O8/c1-4-7-15-37-24-13-9-11-22(17-24)19-29(35,6-3)28(34)30(36,27(33)26(32)21-31)20-23-12-10-14-25(18-23)38-16-8-5-2/h9-14,17-18,26-28,31-36H,4-8,15-16,19-21H2,1-3H3/t26-,27+,28+,29?,30+/m0/s1. The van der Waals surface area contributed by atoms with Crippen molar-refractivity contribution in [1.29, 1.82) is 0 Å². The maximum Gasteiger partial charge on any atom is 0.126 e. The molecule has 6 N–H and O–H groups in total. The zero-order valence-corrected chi connectivity index (χ0v) is 22.9. The largest absolute Gasteiger partial charge is 0.494 e. The third kappa shape index (κ3) is 8.66. The summed E-state index contributed by atoms with van der Waals surface area (Å²) in [5.74, 6) is 1.20. The van der Waals surface area contributed by atoms with Gasteiger partial charge in [-0.3, -0.25) is 0 Å². The molecule has 0 fully saturated rings. The van der Waals surface area contributed by atoms with Gasteiger partial charge in [0.15, 0.2) is 0 Å². The quantitative estimate of drug-likeness (QED) is 0.161. The van der Waals surface area contributed by atoms with E-state index in [0.29, 0.717) is 35.8 Å². The maximum atomic E-state index is 11.8. The van der Waals surface area contributed by atoms with Crippen molar-refractivity contribution in [2.45, 2.75) is 95.2 Å². The number of ether oxygens (including phenoxy) is 2. The van der Waals surface area contributed by atoms with Crippen molar-refractivity contribution in [3.8, 4) is 11.5 Å². The first kappa shape index (κ1) is 32.0. The molecule has 1 unspecified atom stereocenters. The minimum Gasteiger partial charge on any atom is -0.494 e. The van der Waals surface area contributed by atoms with Gasteiger partial charge in [-0.05, 0) is 54.7 Å². The predicted molar refractivity (Wildman–Crippen MR) is 146 cm³/mol. The first-order valence-electron chi connectivity index (χ1n) is 13.7. The van der Waals surface area contributed by atoms with Crippen LogP contribution < -0.4 is 9.47 Å². The van der Waals surface area contributed by atoms with E-state index in [2.05, 4.69) is 13.8 Å². The molecule has 0 saturated heterocycles. The van der Waals surface area contributed by atoms with Gasteiger partial charge in [0.05, 0.1) is 25.4 Å². The van der Waals surface area contributed by atoms with E-state index < -0.39 is 36.1 Å². The summed E-state index contributed by atoms with van der Waals surface area (Å²) in [6, 6.07) is 14.1. The van der Waals surface area contributed by atoms with Crippen molar-refractivity contribution < 1.29 is 40.1 Å². The van der Waals surface area contributed by atoms with Crippen LogP contribution >= 0.6 is 0 Å². The molecule has 0 amide bonds. The molecule has 0 heterocycles. The number of aliphatic hydroxyl groups excluding tert-OH is 4. The van der Waals surface area contributed by atoms with Gasteiger partial charge in [-0.25, -0.2) is 0 Å². The van der Waals surface area contributed by atoms with Crippen LogP contribution in [0.15, 0.2) is 48.5 Å². The van der Waals surface area contributed by atoms with E-state index in [9.17, 15) is 30.6 Å². The fourth-order valence-corrected chi connectivity index (χ4v) is 4.52. The third-order valence-electron chi connectivity index (χ3n) is 6.99. The molecule has 2 rings (SSSR count). The van der Waals surface area contributed by atoms with Crippen LogP contribution in [0, 0.1) is 0 Å². The molecule has 0 aliphatic carbocycles. The van der Waals surface area contributed by atoms with Gasteiger partial charge >= 0.3 is 0 Å². The summed E-state index contributed by atoms with van der Waals surface area (Å²) in [6.07, 6.45) is -2.13. The van der Waals surface area contributed by atoms with Crippen LogP contribution in [-0.2, 0) is 12.8 Å². The normalized spacial score (nSPS) is 17.2. The van der Waals surface area contributed by atoms with Crippen molar-refractivity contribution in [3.63, 3.8) is 0 Å². The van der Waals surface area contributed by atoms with Gasteiger partial charge in [-0.15, -0.1) is 0 Å². The van der Waals surface area contributed by atoms with Crippen molar-refractivity contribution >= 4 is 0 Å². The van der Waals surface area contributed by atoms with Crippen LogP contribution in [0.25, 0.3) is 0 Å². The summed E-state index contributed by atoms with van der Waals surface area (Å²) < 4.78 is 11.5. The Morgan fingerprint density at radius 3 is 1.71 bits per heavy atom. The lowest BCUT2D eigenvalue weighted by molar-refractivity contribution is -0.229. The maximum absolute atomic E-state index is 11.8. The van der Waals surface area contributed by atoms with Gasteiger partial charge in [0.25, 0.3) is 0 Å². The number of aliphatic hydroxyl groups is 6. The minimum absolute atomic E-state index is 0.0412. The van der Waals surface area contributed by atoms with Gasteiger partial charge in [0.1, 0.15) is 35.4 Å². The fourth-order valence-electron chi connectivity index (χ4n) is 4.52. The summed E-state index contributed by atoms with van der Waals surface area (Å²) >= 11 is 0. The van der Waals surface area contributed by atoms with Crippen molar-refractivity contribution in [1.82, 2.24) is 0 Å². The van der Waals surface area contributed by atoms with Gasteiger partial charge in [0.2, 0.25) is 0 Å². The van der Waals surface area contributed by atoms with Crippen LogP contribution in [-0.4, -0.2) is 80.0 Å². The zero-order valence-electron chi connectivity index (χ0n) is 22.9. The van der Waals surface area contributed by atoms with Crippen molar-refractivity contribution in [3.05, 3.63) is 59.7 Å². The Hall–Kier alpha value is -2.20. The SMILES string of the molecule is CCCCOc1cccc(CC(O)(CC)[C@@H](O)[C@@](O)(Cc2cccc(OCCCC)c2)[C@H](O)[C@@H](O)CO)c1. The van der Waals surface area contributed by atoms with E-state index in [0.717, 1.165) is 25.7 Å². The molecule has 0 bridgehead atoms. The third-order valence-corrected chi connectivity index (χ3v) is 6.99. The van der Waals surface area contributed by atoms with Gasteiger partial charge in [-0.2, -0.15) is 0 Å². The predicted octanol–water partition coefficient (Wildman–Crippen LogP) is 2.78. The molecule has 0 aliphatic heterocycles. The van der Waals surface area contributed by atoms with Gasteiger partial charge in [0, 0.05) is 12.8 Å². The lowest BCUT2D eigenvalue weighted by Gasteiger charge is -2.45. The second kappa shape index (κ2) is 15.4. The van der Waals surface area contributed by atoms with Gasteiger partial charge < -0.3 is 40.1 Å². The van der Waals surface area contributed by atoms with E-state index >= 15 is 0 Å². The monoisotopic (exact) mass is 534 g/mol. The number of rotatable bonds is 18. The molecule has 38 heavy (non-hydrogen) atoms. The Kier molecular flexibility index (Phi) is 13.0. The summed E-state index contributed by atoms with van der Waals surface area (Å²) in [5.41, 5.74) is -3.07. The number of hydrogen-bond donors (Lipinski definition) is 6. The number of unbranched alkanes of at least 4 members (excludes halogenated alkanes) is 2. The molecule has 214 valence electrons. The number of hydrogen-bond acceptors (Lipinski definition) is 8. The lowest BCUT2D eigenvalue weighted by atomic mass is 9.72. The molecule has 2 aromatic carbocycles. The molecule has 0 spiro atoms. The molecule has 0 radical (unpaired) electrons. The van der Waals surface area contributed by atoms with Crippen LogP contribution in [0.1, 0.15) is 64.0 Å². The molecule has 0 saturated carbocycles. The minimum atomic E-state index is -2.40. The zero-order chi connectivity index (χ0) is 28.2. The molecule has 8 nitrogen and oxygen atoms in total. The van der Waals surface area contributed by atoms with E-state index in [1.807, 2.05) is 6.07 Å². The topological polar surface area (TPSA) is 140 Å². The highest BCUT2D eigenvalue weighted by Crippen LogP contribution is 2.35. The second-order valence-electron chi connectivity index (χ2n) is 10.1. The molecular weight excluding hydrogens is 488 g/mol. The van der Waals surface area contributed by atoms with E-state index in [1.54, 1.807) is 49.4 Å². The molecule has 0 aliphatic rings. The van der Waals surface area contributed by atoms with Crippen molar-refractivity contribution in [2.24, 2.45) is 0 Å². The summed E-state index contributed by atoms with van der Waals surface area (Å²) in [6.45, 7) is 6.05. The highest BCUT2D eigenvalue weighted by molar-refractivity contribution is 5.32. The van der Waals surface area contributed by atoms with Crippen molar-refractivity contribution in [2.75, 3.05) is 19.8 Å². The Morgan fingerprint density at radius 1 is 0.763 bits per heavy atom. The molecule has 8 heteroatoms. The molecular formula is C30H46O8. The summed E-state index contributed by atoms with van der Waals surface area (Å²) in [5, 5.41) is 65.6. The Morgan fingerprint density at radius 2 is 1.26 bits per heavy atom. The summed E-state index contributed by atoms with van der Waals surface area (Å²) in [7, 11) is 0. The smallest absolute Gasteiger partial charge is 0.126 e. The van der Waals surface area contributed by atoms with Gasteiger partial charge in [-0.1, -0.05) is 57.9 Å². The first-order valence-corrected chi connectivity index (χ1v) is 13.7. The summed E-state index contributed by atoms with van der Waals surface area (Å²) in [4.78, 5) is 0. The highest BCUT2D eigenvalue weighted by Gasteiger charge is 2.53. The van der Waals surface area contributed by atoms with E-state index in [4.69, 9.17) is 9.47 Å². The fraction of sp³-hybridized carbons (Fsp3) is 0.600. The Bertz CT molecular complexity index is 953. The lowest BCUT2D eigenvalue weighted by Crippen LogP contribution is -2.66. The number of benzene rings is 2. The first-order chi connectivity index (χ1) is 18.1. The van der Waals surface area contributed by atoms with Crippen LogP contribution in [0.5, 0.6) is 11.5 Å². The second-order valence-corrected chi connectivity index (χ2v) is 10.1. The molecule has 5 atom stereocenters. The highest BCUT2D eigenvalue weighted by atomic mass is 16.5. The average Bonchev–Trinajstić information content (AvgIpc) is 2.92. The Labute approximate surface area is 226 Å². The van der Waals surface area contributed by atoms with E-state index in [-0.39, 0.29) is 19.3 Å². The average molecular weight is 535 g/mol.